The van der Waals surface area contributed by atoms with E-state index in [0.29, 0.717) is 22.4 Å². The number of benzene rings is 1. The predicted octanol–water partition coefficient (Wildman–Crippen LogP) is 3.01. The molecule has 0 aliphatic carbocycles. The molecule has 1 aromatic heterocycles. The summed E-state index contributed by atoms with van der Waals surface area (Å²) in [5.41, 5.74) is 2.46. The summed E-state index contributed by atoms with van der Waals surface area (Å²) in [4.78, 5) is 15.4. The first kappa shape index (κ1) is 13.1. The topological polar surface area (TPSA) is 54.0 Å². The fraction of sp³-hybridized carbons (Fsp3) is 0.143. The van der Waals surface area contributed by atoms with Crippen LogP contribution in [0.1, 0.15) is 15.9 Å². The van der Waals surface area contributed by atoms with Gasteiger partial charge in [0.2, 0.25) is 5.95 Å². The Morgan fingerprint density at radius 1 is 1.30 bits per heavy atom. The van der Waals surface area contributed by atoms with Crippen LogP contribution in [0.15, 0.2) is 34.8 Å². The second-order valence-corrected chi connectivity index (χ2v) is 5.33. The molecule has 0 fully saturated rings. The van der Waals surface area contributed by atoms with E-state index in [-0.39, 0.29) is 5.91 Å². The average molecular weight is 336 g/mol. The second-order valence-electron chi connectivity index (χ2n) is 4.47. The Hall–Kier alpha value is -1.95. The fourth-order valence-electron chi connectivity index (χ4n) is 2.14. The summed E-state index contributed by atoms with van der Waals surface area (Å²) in [5.74, 6) is -0.191. The van der Waals surface area contributed by atoms with Gasteiger partial charge in [-0.2, -0.15) is 4.39 Å². The highest BCUT2D eigenvalue weighted by Gasteiger charge is 2.16. The lowest BCUT2D eigenvalue weighted by Gasteiger charge is -2.17. The van der Waals surface area contributed by atoms with E-state index in [1.165, 1.54) is 0 Å². The molecule has 2 aromatic rings. The Kier molecular flexibility index (Phi) is 3.40. The van der Waals surface area contributed by atoms with Gasteiger partial charge in [0.15, 0.2) is 0 Å². The number of aromatic nitrogens is 1. The molecule has 20 heavy (non-hydrogen) atoms. The van der Waals surface area contributed by atoms with Crippen molar-refractivity contribution in [3.05, 3.63) is 51.9 Å². The van der Waals surface area contributed by atoms with Crippen LogP contribution in [0.3, 0.4) is 0 Å². The predicted molar refractivity (Wildman–Crippen MR) is 77.7 cm³/mol. The van der Waals surface area contributed by atoms with E-state index < -0.39 is 5.95 Å². The number of halogens is 2. The van der Waals surface area contributed by atoms with Crippen LogP contribution < -0.4 is 10.6 Å². The molecule has 1 aromatic carbocycles. The summed E-state index contributed by atoms with van der Waals surface area (Å²) in [5, 5.41) is 5.83. The number of carbonyl (C=O) groups excluding carboxylic acids is 1. The van der Waals surface area contributed by atoms with Crippen molar-refractivity contribution in [1.29, 1.82) is 0 Å². The number of nitrogens with zero attached hydrogens (tertiary/aromatic N) is 1. The van der Waals surface area contributed by atoms with E-state index in [9.17, 15) is 9.18 Å². The smallest absolute Gasteiger partial charge is 0.251 e. The van der Waals surface area contributed by atoms with Gasteiger partial charge in [0.05, 0.1) is 4.47 Å². The molecule has 0 bridgehead atoms. The zero-order valence-corrected chi connectivity index (χ0v) is 12.0. The number of hydrogen-bond acceptors (Lipinski definition) is 3. The Morgan fingerprint density at radius 2 is 2.15 bits per heavy atom. The highest BCUT2D eigenvalue weighted by Crippen LogP contribution is 2.23. The van der Waals surface area contributed by atoms with Crippen molar-refractivity contribution >= 4 is 33.3 Å². The summed E-state index contributed by atoms with van der Waals surface area (Å²) in [6.07, 6.45) is 0.790. The Bertz CT molecular complexity index is 690. The van der Waals surface area contributed by atoms with Crippen LogP contribution >= 0.6 is 15.9 Å². The standard InChI is InChI=1S/C14H11BrFN3O/c15-11-3-4-12(19-13(11)16)18-9-1-2-10-8(7-9)5-6-17-14(10)20/h1-4,7H,5-6H2,(H,17,20)(H,18,19). The maximum absolute atomic E-state index is 13.4. The van der Waals surface area contributed by atoms with Gasteiger partial charge in [-0.25, -0.2) is 4.98 Å². The van der Waals surface area contributed by atoms with E-state index in [2.05, 4.69) is 31.5 Å². The first-order valence-corrected chi connectivity index (χ1v) is 6.93. The lowest BCUT2D eigenvalue weighted by molar-refractivity contribution is 0.0946. The van der Waals surface area contributed by atoms with Crippen LogP contribution in [0.25, 0.3) is 0 Å². The number of carbonyl (C=O) groups is 1. The maximum atomic E-state index is 13.4. The van der Waals surface area contributed by atoms with E-state index in [4.69, 9.17) is 0 Å². The van der Waals surface area contributed by atoms with Crippen molar-refractivity contribution in [1.82, 2.24) is 10.3 Å². The Labute approximate surface area is 123 Å². The average Bonchev–Trinajstić information content (AvgIpc) is 2.43. The third-order valence-electron chi connectivity index (χ3n) is 3.11. The van der Waals surface area contributed by atoms with Gasteiger partial charge in [-0.05, 0) is 58.2 Å². The molecule has 4 nitrogen and oxygen atoms in total. The molecule has 0 unspecified atom stereocenters. The SMILES string of the molecule is O=C1NCCc2cc(Nc3ccc(Br)c(F)n3)ccc21. The van der Waals surface area contributed by atoms with Gasteiger partial charge in [0.1, 0.15) is 5.82 Å². The summed E-state index contributed by atoms with van der Waals surface area (Å²) in [7, 11) is 0. The van der Waals surface area contributed by atoms with Gasteiger partial charge >= 0.3 is 0 Å². The van der Waals surface area contributed by atoms with Gasteiger partial charge in [-0.15, -0.1) is 0 Å². The first-order chi connectivity index (χ1) is 9.63. The highest BCUT2D eigenvalue weighted by molar-refractivity contribution is 9.10. The van der Waals surface area contributed by atoms with Gasteiger partial charge in [0, 0.05) is 17.8 Å². The molecule has 3 rings (SSSR count). The highest BCUT2D eigenvalue weighted by atomic mass is 79.9. The molecule has 1 aliphatic heterocycles. The molecule has 0 radical (unpaired) electrons. The van der Waals surface area contributed by atoms with Crippen LogP contribution in [0.5, 0.6) is 0 Å². The number of amides is 1. The molecule has 0 spiro atoms. The van der Waals surface area contributed by atoms with Crippen LogP contribution in [0, 0.1) is 5.95 Å². The molecule has 0 saturated carbocycles. The van der Waals surface area contributed by atoms with Crippen molar-refractivity contribution in [3.63, 3.8) is 0 Å². The van der Waals surface area contributed by atoms with E-state index in [0.717, 1.165) is 17.7 Å². The number of rotatable bonds is 2. The summed E-state index contributed by atoms with van der Waals surface area (Å²) in [6.45, 7) is 0.639. The van der Waals surface area contributed by atoms with Crippen molar-refractivity contribution in [2.24, 2.45) is 0 Å². The normalized spacial score (nSPS) is 13.6. The van der Waals surface area contributed by atoms with Crippen LogP contribution in [0.2, 0.25) is 0 Å². The minimum atomic E-state index is -0.563. The quantitative estimate of drug-likeness (QED) is 0.829. The number of fused-ring (bicyclic) bond motifs is 1. The van der Waals surface area contributed by atoms with Crippen LogP contribution in [0.4, 0.5) is 15.9 Å². The molecule has 1 amide bonds. The third kappa shape index (κ3) is 2.51. The van der Waals surface area contributed by atoms with Crippen molar-refractivity contribution in [3.8, 4) is 0 Å². The first-order valence-electron chi connectivity index (χ1n) is 6.14. The minimum absolute atomic E-state index is 0.0504. The van der Waals surface area contributed by atoms with E-state index in [1.807, 2.05) is 6.07 Å². The Morgan fingerprint density at radius 3 is 2.95 bits per heavy atom. The maximum Gasteiger partial charge on any atom is 0.251 e. The molecule has 0 atom stereocenters. The van der Waals surface area contributed by atoms with Crippen molar-refractivity contribution in [2.75, 3.05) is 11.9 Å². The number of nitrogens with one attached hydrogen (secondary N) is 2. The summed E-state index contributed by atoms with van der Waals surface area (Å²) in [6, 6.07) is 8.72. The molecule has 1 aliphatic rings. The molecular formula is C14H11BrFN3O. The van der Waals surface area contributed by atoms with Gasteiger partial charge in [0.25, 0.3) is 5.91 Å². The fourth-order valence-corrected chi connectivity index (χ4v) is 2.36. The number of hydrogen-bond donors (Lipinski definition) is 2. The third-order valence-corrected chi connectivity index (χ3v) is 3.70. The lowest BCUT2D eigenvalue weighted by Crippen LogP contribution is -2.31. The van der Waals surface area contributed by atoms with E-state index in [1.54, 1.807) is 24.3 Å². The molecular weight excluding hydrogens is 325 g/mol. The molecule has 0 saturated heterocycles. The number of pyridine rings is 1. The summed E-state index contributed by atoms with van der Waals surface area (Å²) < 4.78 is 13.7. The summed E-state index contributed by atoms with van der Waals surface area (Å²) >= 11 is 3.06. The molecule has 102 valence electrons. The van der Waals surface area contributed by atoms with Gasteiger partial charge in [-0.3, -0.25) is 4.79 Å². The van der Waals surface area contributed by atoms with Crippen molar-refractivity contribution in [2.45, 2.75) is 6.42 Å². The number of anilines is 2. The minimum Gasteiger partial charge on any atom is -0.352 e. The molecule has 2 heterocycles. The van der Waals surface area contributed by atoms with Crippen molar-refractivity contribution < 1.29 is 9.18 Å². The Balaban J connectivity index is 1.88. The molecule has 6 heteroatoms. The van der Waals surface area contributed by atoms with Crippen LogP contribution in [-0.2, 0) is 6.42 Å². The zero-order chi connectivity index (χ0) is 14.1. The van der Waals surface area contributed by atoms with Gasteiger partial charge in [-0.1, -0.05) is 0 Å². The largest absolute Gasteiger partial charge is 0.352 e. The zero-order valence-electron chi connectivity index (χ0n) is 10.4. The second kappa shape index (κ2) is 5.20. The lowest BCUT2D eigenvalue weighted by atomic mass is 10.00. The van der Waals surface area contributed by atoms with Gasteiger partial charge < -0.3 is 10.6 Å². The van der Waals surface area contributed by atoms with Crippen LogP contribution in [-0.4, -0.2) is 17.4 Å². The van der Waals surface area contributed by atoms with E-state index >= 15 is 0 Å². The monoisotopic (exact) mass is 335 g/mol. The molecule has 2 N–H and O–H groups in total.